The Bertz CT molecular complexity index is 1000. The van der Waals surface area contributed by atoms with Gasteiger partial charge in [-0.15, -0.1) is 0 Å². The second kappa shape index (κ2) is 38.0. The van der Waals surface area contributed by atoms with Crippen molar-refractivity contribution in [2.24, 2.45) is 0 Å². The van der Waals surface area contributed by atoms with Crippen molar-refractivity contribution in [3.63, 3.8) is 0 Å². The molecule has 0 aliphatic carbocycles. The van der Waals surface area contributed by atoms with Gasteiger partial charge in [-0.3, -0.25) is 14.2 Å². The Labute approximate surface area is 339 Å². The number of phosphoric ester groups is 1. The van der Waals surface area contributed by atoms with Gasteiger partial charge in [0, 0.05) is 12.8 Å². The van der Waals surface area contributed by atoms with Gasteiger partial charge in [0.15, 0.2) is 6.10 Å². The first kappa shape index (κ1) is 53.5. The molecule has 0 aliphatic rings. The van der Waals surface area contributed by atoms with Gasteiger partial charge in [0.05, 0.1) is 20.7 Å². The van der Waals surface area contributed by atoms with Gasteiger partial charge < -0.3 is 27.9 Å². The summed E-state index contributed by atoms with van der Waals surface area (Å²) in [5, 5.41) is 0. The highest BCUT2D eigenvalue weighted by Crippen LogP contribution is 2.37. The number of allylic oxidation sites excluding steroid dienone is 4. The van der Waals surface area contributed by atoms with Gasteiger partial charge in [-0.05, 0) is 71.1 Å². The van der Waals surface area contributed by atoms with Crippen LogP contribution in [0.25, 0.3) is 0 Å². The van der Waals surface area contributed by atoms with E-state index in [-0.39, 0.29) is 31.8 Å². The highest BCUT2D eigenvalue weighted by Gasteiger charge is 2.27. The van der Waals surface area contributed by atoms with Crippen LogP contribution < -0.4 is 4.89 Å². The van der Waals surface area contributed by atoms with Crippen LogP contribution in [-0.4, -0.2) is 69.5 Å². The van der Waals surface area contributed by atoms with E-state index in [0.717, 1.165) is 64.2 Å². The zero-order valence-corrected chi connectivity index (χ0v) is 37.3. The van der Waals surface area contributed by atoms with Gasteiger partial charge in [0.25, 0.3) is 7.82 Å². The molecule has 0 aliphatic heterocycles. The maximum atomic E-state index is 12.9. The third-order valence-corrected chi connectivity index (χ3v) is 11.0. The predicted octanol–water partition coefficient (Wildman–Crippen LogP) is 12.1. The normalized spacial score (nSPS) is 13.8. The largest absolute Gasteiger partial charge is 0.756 e. The Morgan fingerprint density at radius 3 is 1.42 bits per heavy atom. The average Bonchev–Trinajstić information content (AvgIpc) is 3.13. The SMILES string of the molecule is CCCCCCCCC=CCCCCCCCC(=O)OCC(C[N+](C)(C)CCOP(=O)([O-])OCC)OC(=O)CCCCCCC/C=C\CCCCCCCC. The third kappa shape index (κ3) is 39.1. The van der Waals surface area contributed by atoms with E-state index in [4.69, 9.17) is 14.0 Å². The summed E-state index contributed by atoms with van der Waals surface area (Å²) >= 11 is 0. The third-order valence-electron chi connectivity index (χ3n) is 9.94. The number of hydrogen-bond donors (Lipinski definition) is 0. The quantitative estimate of drug-likeness (QED) is 0.0198. The molecule has 0 rings (SSSR count). The standard InChI is InChI=1S/C45H86NO8P/c1-6-9-11-13-15-17-19-21-23-25-27-29-31-33-35-37-44(47)51-42-43(41-46(4,5)39-40-53-55(49,50)52-8-3)54-45(48)38-36-34-32-30-28-26-24-22-20-18-16-14-12-10-7-2/h21-24,43H,6-20,25-42H2,1-5H3/b23-21?,24-22-. The molecule has 0 aromatic carbocycles. The Morgan fingerprint density at radius 1 is 0.582 bits per heavy atom. The van der Waals surface area contributed by atoms with Gasteiger partial charge >= 0.3 is 11.9 Å². The van der Waals surface area contributed by atoms with Gasteiger partial charge in [0.2, 0.25) is 0 Å². The molecule has 9 nitrogen and oxygen atoms in total. The molecule has 0 amide bonds. The number of esters is 2. The molecule has 10 heteroatoms. The number of ether oxygens (including phenoxy) is 2. The molecule has 55 heavy (non-hydrogen) atoms. The van der Waals surface area contributed by atoms with Crippen molar-refractivity contribution in [3.05, 3.63) is 24.3 Å². The van der Waals surface area contributed by atoms with E-state index in [0.29, 0.717) is 30.4 Å². The molecule has 0 heterocycles. The predicted molar refractivity (Wildman–Crippen MR) is 227 cm³/mol. The highest BCUT2D eigenvalue weighted by molar-refractivity contribution is 7.45. The van der Waals surface area contributed by atoms with Crippen molar-refractivity contribution in [1.29, 1.82) is 0 Å². The molecular weight excluding hydrogens is 713 g/mol. The summed E-state index contributed by atoms with van der Waals surface area (Å²) in [6, 6.07) is 0. The van der Waals surface area contributed by atoms with Crippen LogP contribution in [0, 0.1) is 0 Å². The van der Waals surface area contributed by atoms with Crippen molar-refractivity contribution in [1.82, 2.24) is 0 Å². The van der Waals surface area contributed by atoms with Crippen LogP contribution in [0.3, 0.4) is 0 Å². The molecule has 0 spiro atoms. The summed E-state index contributed by atoms with van der Waals surface area (Å²) in [6.07, 6.45) is 40.3. The number of carbonyl (C=O) groups excluding carboxylic acids is 2. The minimum Gasteiger partial charge on any atom is -0.756 e. The van der Waals surface area contributed by atoms with Crippen LogP contribution in [0.2, 0.25) is 0 Å². The number of rotatable bonds is 41. The summed E-state index contributed by atoms with van der Waals surface area (Å²) in [4.78, 5) is 37.3. The molecule has 0 saturated carbocycles. The average molecular weight is 800 g/mol. The van der Waals surface area contributed by atoms with Crippen LogP contribution in [0.1, 0.15) is 201 Å². The minimum absolute atomic E-state index is 0.0100. The summed E-state index contributed by atoms with van der Waals surface area (Å²) in [7, 11) is -0.548. The molecule has 0 aromatic rings. The van der Waals surface area contributed by atoms with Crippen LogP contribution in [-0.2, 0) is 32.7 Å². The van der Waals surface area contributed by atoms with Gasteiger partial charge in [0.1, 0.15) is 26.3 Å². The first-order valence-electron chi connectivity index (χ1n) is 22.6. The Morgan fingerprint density at radius 2 is 0.982 bits per heavy atom. The second-order valence-corrected chi connectivity index (χ2v) is 17.4. The lowest BCUT2D eigenvalue weighted by atomic mass is 10.1. The molecule has 0 N–H and O–H groups in total. The van der Waals surface area contributed by atoms with Crippen LogP contribution in [0.5, 0.6) is 0 Å². The molecular formula is C45H86NO8P. The summed E-state index contributed by atoms with van der Waals surface area (Å²) < 4.78 is 33.3. The zero-order chi connectivity index (χ0) is 40.7. The maximum absolute atomic E-state index is 12.9. The van der Waals surface area contributed by atoms with Gasteiger partial charge in [-0.1, -0.05) is 141 Å². The monoisotopic (exact) mass is 800 g/mol. The number of phosphoric acid groups is 1. The number of likely N-dealkylation sites (N-methyl/N-ethyl adjacent to an activating group) is 1. The molecule has 2 atom stereocenters. The van der Waals surface area contributed by atoms with E-state index < -0.39 is 13.9 Å². The van der Waals surface area contributed by atoms with Crippen molar-refractivity contribution in [2.75, 3.05) is 47.0 Å². The smallest absolute Gasteiger partial charge is 0.306 e. The van der Waals surface area contributed by atoms with Crippen LogP contribution in [0.15, 0.2) is 24.3 Å². The molecule has 0 saturated heterocycles. The summed E-state index contributed by atoms with van der Waals surface area (Å²) in [5.41, 5.74) is 0. The van der Waals surface area contributed by atoms with E-state index in [9.17, 15) is 19.0 Å². The van der Waals surface area contributed by atoms with E-state index >= 15 is 0 Å². The number of unbranched alkanes of at least 4 members (excludes halogenated alkanes) is 22. The van der Waals surface area contributed by atoms with E-state index in [1.54, 1.807) is 6.92 Å². The number of nitrogens with zero attached hydrogens (tertiary/aromatic N) is 1. The van der Waals surface area contributed by atoms with Crippen LogP contribution >= 0.6 is 7.82 Å². The molecule has 0 radical (unpaired) electrons. The van der Waals surface area contributed by atoms with Gasteiger partial charge in [-0.25, -0.2) is 0 Å². The lowest BCUT2D eigenvalue weighted by Crippen LogP contribution is -2.49. The van der Waals surface area contributed by atoms with E-state index in [2.05, 4.69) is 42.7 Å². The van der Waals surface area contributed by atoms with Crippen molar-refractivity contribution >= 4 is 19.8 Å². The molecule has 0 fully saturated rings. The number of quaternary nitrogens is 1. The first-order valence-corrected chi connectivity index (χ1v) is 24.1. The van der Waals surface area contributed by atoms with Gasteiger partial charge in [-0.2, -0.15) is 0 Å². The highest BCUT2D eigenvalue weighted by atomic mass is 31.2. The van der Waals surface area contributed by atoms with E-state index in [1.807, 2.05) is 14.1 Å². The molecule has 324 valence electrons. The van der Waals surface area contributed by atoms with Crippen molar-refractivity contribution < 1.29 is 42.1 Å². The first-order chi connectivity index (χ1) is 26.5. The fourth-order valence-electron chi connectivity index (χ4n) is 6.54. The second-order valence-electron chi connectivity index (χ2n) is 16.0. The number of hydrogen-bond acceptors (Lipinski definition) is 8. The fraction of sp³-hybridized carbons (Fsp3) is 0.867. The topological polar surface area (TPSA) is 111 Å². The molecule has 0 bridgehead atoms. The Hall–Kier alpha value is -1.51. The Kier molecular flexibility index (Phi) is 37.0. The summed E-state index contributed by atoms with van der Waals surface area (Å²) in [6.45, 7) is 6.69. The van der Waals surface area contributed by atoms with Crippen molar-refractivity contribution in [3.8, 4) is 0 Å². The minimum atomic E-state index is -4.35. The Balaban J connectivity index is 4.48. The number of carbonyl (C=O) groups is 2. The van der Waals surface area contributed by atoms with E-state index in [1.165, 1.54) is 103 Å². The lowest BCUT2D eigenvalue weighted by molar-refractivity contribution is -0.893. The van der Waals surface area contributed by atoms with Crippen LogP contribution in [0.4, 0.5) is 0 Å². The molecule has 0 aromatic heterocycles. The molecule has 2 unspecified atom stereocenters. The lowest BCUT2D eigenvalue weighted by Gasteiger charge is -2.33. The zero-order valence-electron chi connectivity index (χ0n) is 36.4. The summed E-state index contributed by atoms with van der Waals surface area (Å²) in [5.74, 6) is -0.582. The maximum Gasteiger partial charge on any atom is 0.306 e. The van der Waals surface area contributed by atoms with Crippen molar-refractivity contribution in [2.45, 2.75) is 207 Å². The fourth-order valence-corrected chi connectivity index (χ4v) is 7.24.